The van der Waals surface area contributed by atoms with Crippen molar-refractivity contribution in [3.8, 4) is 0 Å². The van der Waals surface area contributed by atoms with Gasteiger partial charge in [-0.3, -0.25) is 5.32 Å². The maximum Gasteiger partial charge on any atom is 0.323 e. The summed E-state index contributed by atoms with van der Waals surface area (Å²) in [6.45, 7) is 1.73. The molecular weight excluding hydrogens is 416 g/mol. The average molecular weight is 439 g/mol. The molecule has 4 heterocycles. The van der Waals surface area contributed by atoms with E-state index in [-0.39, 0.29) is 12.1 Å². The van der Waals surface area contributed by atoms with Crippen LogP contribution in [0.25, 0.3) is 11.0 Å². The number of rotatable bonds is 3. The number of amides is 2. The van der Waals surface area contributed by atoms with Gasteiger partial charge in [-0.2, -0.15) is 0 Å². The number of benzene rings is 1. The van der Waals surface area contributed by atoms with Crippen molar-refractivity contribution >= 4 is 40.3 Å². The van der Waals surface area contributed by atoms with Gasteiger partial charge in [-0.15, -0.1) is 0 Å². The van der Waals surface area contributed by atoms with Gasteiger partial charge >= 0.3 is 6.03 Å². The number of aliphatic hydroxyl groups is 1. The van der Waals surface area contributed by atoms with Gasteiger partial charge in [0.15, 0.2) is 5.82 Å². The van der Waals surface area contributed by atoms with E-state index in [1.165, 1.54) is 6.33 Å². The molecule has 1 aromatic carbocycles. The number of fused-ring (bicyclic) bond motifs is 1. The van der Waals surface area contributed by atoms with Crippen molar-refractivity contribution < 1.29 is 9.90 Å². The Labute approximate surface area is 184 Å². The second-order valence-electron chi connectivity index (χ2n) is 7.98. The molecule has 9 heteroatoms. The molecule has 3 aromatic rings. The summed E-state index contributed by atoms with van der Waals surface area (Å²) in [6.07, 6.45) is 3.61. The van der Waals surface area contributed by atoms with Crippen LogP contribution in [0.15, 0.2) is 42.7 Å². The van der Waals surface area contributed by atoms with Crippen molar-refractivity contribution in [2.24, 2.45) is 0 Å². The minimum Gasteiger partial charge on any atom is -0.391 e. The molecule has 5 rings (SSSR count). The van der Waals surface area contributed by atoms with E-state index in [2.05, 4.69) is 26.3 Å². The molecule has 0 aliphatic carbocycles. The Kier molecular flexibility index (Phi) is 5.33. The zero-order chi connectivity index (χ0) is 21.4. The highest BCUT2D eigenvalue weighted by atomic mass is 35.5. The molecule has 2 saturated heterocycles. The van der Waals surface area contributed by atoms with Crippen LogP contribution in [0.1, 0.15) is 30.9 Å². The van der Waals surface area contributed by atoms with Gasteiger partial charge in [0.05, 0.1) is 17.7 Å². The first kappa shape index (κ1) is 20.0. The lowest BCUT2D eigenvalue weighted by atomic mass is 10.0. The second-order valence-corrected chi connectivity index (χ2v) is 8.42. The monoisotopic (exact) mass is 438 g/mol. The molecule has 0 bridgehead atoms. The molecule has 1 unspecified atom stereocenters. The number of pyridine rings is 1. The van der Waals surface area contributed by atoms with Crippen LogP contribution in [-0.2, 0) is 0 Å². The zero-order valence-corrected chi connectivity index (χ0v) is 17.7. The van der Waals surface area contributed by atoms with E-state index in [4.69, 9.17) is 16.6 Å². The molecule has 0 saturated carbocycles. The summed E-state index contributed by atoms with van der Waals surface area (Å²) >= 11 is 6.22. The first-order chi connectivity index (χ1) is 15.1. The van der Waals surface area contributed by atoms with E-state index >= 15 is 0 Å². The van der Waals surface area contributed by atoms with E-state index in [0.717, 1.165) is 35.8 Å². The molecule has 0 radical (unpaired) electrons. The number of urea groups is 1. The van der Waals surface area contributed by atoms with Crippen molar-refractivity contribution in [1.29, 1.82) is 0 Å². The first-order valence-corrected chi connectivity index (χ1v) is 10.8. The number of hydrogen-bond donors (Lipinski definition) is 2. The summed E-state index contributed by atoms with van der Waals surface area (Å²) in [5.74, 6) is 1.19. The second kappa shape index (κ2) is 8.28. The lowest BCUT2D eigenvalue weighted by molar-refractivity contribution is 0.176. The minimum absolute atomic E-state index is 0.192. The largest absolute Gasteiger partial charge is 0.391 e. The third kappa shape index (κ3) is 4.00. The number of likely N-dealkylation sites (tertiary alicyclic amines) is 1. The van der Waals surface area contributed by atoms with E-state index < -0.39 is 6.10 Å². The normalized spacial score (nSPS) is 21.1. The number of β-amino-alcohol motifs (C(OH)–C–C–N with tert-alkyl or cyclic N) is 1. The highest BCUT2D eigenvalue weighted by Crippen LogP contribution is 2.36. The summed E-state index contributed by atoms with van der Waals surface area (Å²) in [5, 5.41) is 13.3. The number of halogens is 1. The van der Waals surface area contributed by atoms with Crippen LogP contribution in [0.5, 0.6) is 0 Å². The molecule has 2 N–H and O–H groups in total. The van der Waals surface area contributed by atoms with Gasteiger partial charge in [0, 0.05) is 24.7 Å². The van der Waals surface area contributed by atoms with Crippen LogP contribution in [0.2, 0.25) is 5.02 Å². The molecule has 2 atom stereocenters. The smallest absolute Gasteiger partial charge is 0.323 e. The molecule has 2 fully saturated rings. The van der Waals surface area contributed by atoms with Gasteiger partial charge in [0.2, 0.25) is 0 Å². The van der Waals surface area contributed by atoms with Gasteiger partial charge in [-0.05, 0) is 49.1 Å². The molecule has 2 amide bonds. The summed E-state index contributed by atoms with van der Waals surface area (Å²) < 4.78 is 0. The maximum atomic E-state index is 12.6. The predicted molar refractivity (Wildman–Crippen MR) is 119 cm³/mol. The fourth-order valence-electron chi connectivity index (χ4n) is 4.39. The number of aliphatic hydroxyl groups excluding tert-OH is 1. The fourth-order valence-corrected chi connectivity index (χ4v) is 4.59. The molecule has 2 aliphatic heterocycles. The Morgan fingerprint density at radius 3 is 2.87 bits per heavy atom. The van der Waals surface area contributed by atoms with Crippen LogP contribution in [-0.4, -0.2) is 56.7 Å². The number of carbonyl (C=O) groups is 1. The summed E-state index contributed by atoms with van der Waals surface area (Å²) in [7, 11) is 0. The van der Waals surface area contributed by atoms with E-state index in [9.17, 15) is 9.90 Å². The van der Waals surface area contributed by atoms with Gasteiger partial charge < -0.3 is 14.9 Å². The highest BCUT2D eigenvalue weighted by Gasteiger charge is 2.28. The summed E-state index contributed by atoms with van der Waals surface area (Å²) in [4.78, 5) is 29.9. The fraction of sp³-hybridized carbons (Fsp3) is 0.364. The molecule has 2 aromatic heterocycles. The number of aromatic nitrogens is 3. The Bertz CT molecular complexity index is 1130. The molecular formula is C22H23ClN6O2. The molecule has 2 aliphatic rings. The number of carbonyl (C=O) groups excluding carboxylic acids is 1. The maximum absolute atomic E-state index is 12.6. The van der Waals surface area contributed by atoms with Crippen molar-refractivity contribution in [1.82, 2.24) is 19.9 Å². The average Bonchev–Trinajstić information content (AvgIpc) is 3.43. The number of nitrogens with one attached hydrogen (secondary N) is 1. The van der Waals surface area contributed by atoms with Gasteiger partial charge in [-0.1, -0.05) is 23.7 Å². The minimum atomic E-state index is -0.476. The topological polar surface area (TPSA) is 94.5 Å². The standard InChI is InChI=1S/C22H23ClN6O2/c23-15-4-1-3-14(11-15)18-5-2-9-29(18)19-7-6-17-20(26-19)21(25-13-24-17)27-22(31)28-10-8-16(30)12-28/h1,3-4,6-7,11,13,16,18,30H,2,5,8-10,12H2,(H,24,25,27,31)/t16-,18?/m0/s1. The summed E-state index contributed by atoms with van der Waals surface area (Å²) in [6, 6.07) is 11.7. The van der Waals surface area contributed by atoms with E-state index in [0.29, 0.717) is 36.4 Å². The quantitative estimate of drug-likeness (QED) is 0.648. The van der Waals surface area contributed by atoms with Crippen LogP contribution >= 0.6 is 11.6 Å². The lowest BCUT2D eigenvalue weighted by Gasteiger charge is -2.26. The van der Waals surface area contributed by atoms with Crippen molar-refractivity contribution in [2.45, 2.75) is 31.4 Å². The van der Waals surface area contributed by atoms with Gasteiger partial charge in [0.25, 0.3) is 0 Å². The predicted octanol–water partition coefficient (Wildman–Crippen LogP) is 3.62. The molecule has 160 valence electrons. The van der Waals surface area contributed by atoms with Crippen molar-refractivity contribution in [2.75, 3.05) is 29.9 Å². The Morgan fingerprint density at radius 1 is 1.16 bits per heavy atom. The number of hydrogen-bond acceptors (Lipinski definition) is 6. The van der Waals surface area contributed by atoms with Crippen LogP contribution < -0.4 is 10.2 Å². The van der Waals surface area contributed by atoms with E-state index in [1.807, 2.05) is 30.3 Å². The van der Waals surface area contributed by atoms with Crippen LogP contribution in [0, 0.1) is 0 Å². The Hall–Kier alpha value is -2.97. The highest BCUT2D eigenvalue weighted by molar-refractivity contribution is 6.30. The van der Waals surface area contributed by atoms with Crippen LogP contribution in [0.4, 0.5) is 16.4 Å². The lowest BCUT2D eigenvalue weighted by Crippen LogP contribution is -2.34. The third-order valence-electron chi connectivity index (χ3n) is 5.92. The summed E-state index contributed by atoms with van der Waals surface area (Å²) in [5.41, 5.74) is 2.37. The van der Waals surface area contributed by atoms with Crippen molar-refractivity contribution in [3.63, 3.8) is 0 Å². The zero-order valence-electron chi connectivity index (χ0n) is 16.9. The Balaban J connectivity index is 1.45. The van der Waals surface area contributed by atoms with Gasteiger partial charge in [-0.25, -0.2) is 19.7 Å². The van der Waals surface area contributed by atoms with Gasteiger partial charge in [0.1, 0.15) is 17.7 Å². The van der Waals surface area contributed by atoms with Crippen LogP contribution in [0.3, 0.4) is 0 Å². The van der Waals surface area contributed by atoms with Crippen molar-refractivity contribution in [3.05, 3.63) is 53.3 Å². The molecule has 0 spiro atoms. The SMILES string of the molecule is O=C(Nc1ncnc2ccc(N3CCCC3c3cccc(Cl)c3)nc12)N1CC[C@H](O)C1. The molecule has 8 nitrogen and oxygen atoms in total. The third-order valence-corrected chi connectivity index (χ3v) is 6.16. The number of anilines is 2. The van der Waals surface area contributed by atoms with E-state index in [1.54, 1.807) is 4.90 Å². The first-order valence-electron chi connectivity index (χ1n) is 10.5. The number of nitrogens with zero attached hydrogens (tertiary/aromatic N) is 5. The molecule has 31 heavy (non-hydrogen) atoms. The Morgan fingerprint density at radius 2 is 2.06 bits per heavy atom.